The molecule has 1 aliphatic carbocycles. The molecule has 0 aromatic carbocycles. The van der Waals surface area contributed by atoms with Gasteiger partial charge in [0.05, 0.1) is 12.6 Å². The summed E-state index contributed by atoms with van der Waals surface area (Å²) in [6.45, 7) is 4.96. The fourth-order valence-electron chi connectivity index (χ4n) is 3.96. The van der Waals surface area contributed by atoms with E-state index in [1.54, 1.807) is 0 Å². The number of nitrogens with two attached hydrogens (primary N) is 1. The monoisotopic (exact) mass is 326 g/mol. The van der Waals surface area contributed by atoms with Gasteiger partial charge in [0.15, 0.2) is 5.96 Å². The second kappa shape index (κ2) is 7.88. The second-order valence-corrected chi connectivity index (χ2v) is 7.97. The molecule has 0 bridgehead atoms. The predicted octanol–water partition coefficient (Wildman–Crippen LogP) is 1.43. The molecule has 0 spiro atoms. The Bertz CT molecular complexity index is 372. The Kier molecular flexibility index (Phi) is 5.88. The molecule has 3 aliphatic rings. The van der Waals surface area contributed by atoms with E-state index in [1.165, 1.54) is 56.7 Å². The molecule has 0 amide bonds. The maximum Gasteiger partial charge on any atom is 0.188 e. The summed E-state index contributed by atoms with van der Waals surface area (Å²) < 4.78 is 5.61. The van der Waals surface area contributed by atoms with Crippen molar-refractivity contribution in [2.24, 2.45) is 10.7 Å². The molecule has 2 saturated heterocycles. The molecule has 1 unspecified atom stereocenters. The number of aliphatic imine (C=N–C) groups is 1. The largest absolute Gasteiger partial charge is 0.376 e. The topological polar surface area (TPSA) is 62.9 Å². The van der Waals surface area contributed by atoms with E-state index in [1.807, 2.05) is 0 Å². The molecular formula is C16H30N4OS. The van der Waals surface area contributed by atoms with Gasteiger partial charge in [0.2, 0.25) is 0 Å². The van der Waals surface area contributed by atoms with Crippen molar-refractivity contribution in [1.29, 1.82) is 0 Å². The number of guanidine groups is 1. The number of hydrogen-bond donors (Lipinski definition) is 2. The van der Waals surface area contributed by atoms with E-state index in [9.17, 15) is 0 Å². The molecule has 3 fully saturated rings. The summed E-state index contributed by atoms with van der Waals surface area (Å²) in [7, 11) is 0. The Morgan fingerprint density at radius 3 is 2.73 bits per heavy atom. The molecule has 3 N–H and O–H groups in total. The van der Waals surface area contributed by atoms with Crippen LogP contribution in [-0.2, 0) is 4.74 Å². The van der Waals surface area contributed by atoms with Crippen molar-refractivity contribution in [1.82, 2.24) is 10.2 Å². The quantitative estimate of drug-likeness (QED) is 0.591. The van der Waals surface area contributed by atoms with E-state index < -0.39 is 0 Å². The molecule has 6 heteroatoms. The van der Waals surface area contributed by atoms with Gasteiger partial charge >= 0.3 is 0 Å². The van der Waals surface area contributed by atoms with Gasteiger partial charge in [-0.25, -0.2) is 0 Å². The standard InChI is InChI=1S/C16H30N4OS/c17-15(18-12-14-4-3-9-21-14)19-13-16(5-1-2-6-16)20-7-10-22-11-8-20/h14H,1-13H2,(H3,17,18,19). The Morgan fingerprint density at radius 1 is 1.27 bits per heavy atom. The first-order chi connectivity index (χ1) is 10.8. The van der Waals surface area contributed by atoms with Crippen molar-refractivity contribution in [3.63, 3.8) is 0 Å². The molecule has 5 nitrogen and oxygen atoms in total. The van der Waals surface area contributed by atoms with Gasteiger partial charge in [0, 0.05) is 43.3 Å². The summed E-state index contributed by atoms with van der Waals surface area (Å²) in [5, 5.41) is 3.25. The first-order valence-electron chi connectivity index (χ1n) is 8.77. The number of ether oxygens (including phenoxy) is 1. The van der Waals surface area contributed by atoms with Crippen LogP contribution >= 0.6 is 11.8 Å². The van der Waals surface area contributed by atoms with Crippen molar-refractivity contribution in [3.8, 4) is 0 Å². The highest BCUT2D eigenvalue weighted by Gasteiger charge is 2.39. The van der Waals surface area contributed by atoms with Gasteiger partial charge < -0.3 is 15.8 Å². The van der Waals surface area contributed by atoms with E-state index in [2.05, 4.69) is 22.0 Å². The van der Waals surface area contributed by atoms with Crippen LogP contribution in [0.3, 0.4) is 0 Å². The lowest BCUT2D eigenvalue weighted by molar-refractivity contribution is 0.111. The average molecular weight is 327 g/mol. The summed E-state index contributed by atoms with van der Waals surface area (Å²) >= 11 is 2.07. The van der Waals surface area contributed by atoms with Crippen LogP contribution in [0.1, 0.15) is 38.5 Å². The number of thioether (sulfide) groups is 1. The first kappa shape index (κ1) is 16.4. The smallest absolute Gasteiger partial charge is 0.188 e. The highest BCUT2D eigenvalue weighted by atomic mass is 32.2. The third kappa shape index (κ3) is 4.09. The third-order valence-electron chi connectivity index (χ3n) is 5.29. The number of nitrogens with zero attached hydrogens (tertiary/aromatic N) is 2. The number of hydrogen-bond acceptors (Lipinski definition) is 4. The SMILES string of the molecule is NC(=NCC1(N2CCSCC2)CCCC1)NCC1CCCO1. The number of nitrogens with one attached hydrogen (secondary N) is 1. The highest BCUT2D eigenvalue weighted by Crippen LogP contribution is 2.36. The lowest BCUT2D eigenvalue weighted by Gasteiger charge is -2.42. The zero-order valence-corrected chi connectivity index (χ0v) is 14.4. The van der Waals surface area contributed by atoms with Crippen LogP contribution < -0.4 is 11.1 Å². The molecule has 126 valence electrons. The zero-order valence-electron chi connectivity index (χ0n) is 13.6. The van der Waals surface area contributed by atoms with Gasteiger partial charge in [0.25, 0.3) is 0 Å². The highest BCUT2D eigenvalue weighted by molar-refractivity contribution is 7.99. The summed E-state index contributed by atoms with van der Waals surface area (Å²) in [5.41, 5.74) is 6.35. The molecule has 2 heterocycles. The van der Waals surface area contributed by atoms with Gasteiger partial charge in [-0.15, -0.1) is 0 Å². The van der Waals surface area contributed by atoms with E-state index in [0.717, 1.165) is 26.1 Å². The Hall–Kier alpha value is -0.460. The molecular weight excluding hydrogens is 296 g/mol. The fourth-order valence-corrected chi connectivity index (χ4v) is 4.86. The minimum atomic E-state index is 0.275. The average Bonchev–Trinajstić information content (AvgIpc) is 3.24. The first-order valence-corrected chi connectivity index (χ1v) is 9.92. The Balaban J connectivity index is 1.52. The van der Waals surface area contributed by atoms with Crippen LogP contribution in [0.25, 0.3) is 0 Å². The molecule has 0 aromatic rings. The molecule has 1 atom stereocenters. The van der Waals surface area contributed by atoms with Crippen LogP contribution in [0.2, 0.25) is 0 Å². The normalized spacial score (nSPS) is 29.8. The minimum Gasteiger partial charge on any atom is -0.376 e. The Labute approximate surface area is 138 Å². The van der Waals surface area contributed by atoms with Crippen molar-refractivity contribution in [2.45, 2.75) is 50.2 Å². The van der Waals surface area contributed by atoms with Gasteiger partial charge in [-0.2, -0.15) is 11.8 Å². The molecule has 22 heavy (non-hydrogen) atoms. The van der Waals surface area contributed by atoms with Crippen LogP contribution in [0, 0.1) is 0 Å². The van der Waals surface area contributed by atoms with E-state index in [-0.39, 0.29) is 5.54 Å². The summed E-state index contributed by atoms with van der Waals surface area (Å²) in [6, 6.07) is 0. The van der Waals surface area contributed by atoms with E-state index in [0.29, 0.717) is 12.1 Å². The zero-order chi connectivity index (χ0) is 15.3. The molecule has 0 aromatic heterocycles. The maximum absolute atomic E-state index is 6.08. The van der Waals surface area contributed by atoms with Crippen LogP contribution in [-0.4, -0.2) is 66.8 Å². The lowest BCUT2D eigenvalue weighted by atomic mass is 9.95. The maximum atomic E-state index is 6.08. The van der Waals surface area contributed by atoms with Gasteiger partial charge in [-0.1, -0.05) is 12.8 Å². The van der Waals surface area contributed by atoms with Crippen LogP contribution in [0.15, 0.2) is 4.99 Å². The van der Waals surface area contributed by atoms with Crippen molar-refractivity contribution in [3.05, 3.63) is 0 Å². The van der Waals surface area contributed by atoms with E-state index in [4.69, 9.17) is 15.5 Å². The second-order valence-electron chi connectivity index (χ2n) is 6.75. The van der Waals surface area contributed by atoms with Crippen molar-refractivity contribution >= 4 is 17.7 Å². The van der Waals surface area contributed by atoms with Gasteiger partial charge in [-0.3, -0.25) is 9.89 Å². The van der Waals surface area contributed by atoms with Crippen molar-refractivity contribution in [2.75, 3.05) is 44.3 Å². The third-order valence-corrected chi connectivity index (χ3v) is 6.24. The fraction of sp³-hybridized carbons (Fsp3) is 0.938. The van der Waals surface area contributed by atoms with Gasteiger partial charge in [-0.05, 0) is 25.7 Å². The van der Waals surface area contributed by atoms with Crippen molar-refractivity contribution < 1.29 is 4.74 Å². The summed E-state index contributed by atoms with van der Waals surface area (Å²) in [6.07, 6.45) is 7.84. The van der Waals surface area contributed by atoms with Gasteiger partial charge in [0.1, 0.15) is 0 Å². The van der Waals surface area contributed by atoms with Crippen LogP contribution in [0.4, 0.5) is 0 Å². The summed E-state index contributed by atoms with van der Waals surface area (Å²) in [5.74, 6) is 3.12. The molecule has 1 saturated carbocycles. The lowest BCUT2D eigenvalue weighted by Crippen LogP contribution is -2.53. The molecule has 0 radical (unpaired) electrons. The predicted molar refractivity (Wildman–Crippen MR) is 93.6 cm³/mol. The molecule has 3 rings (SSSR count). The van der Waals surface area contributed by atoms with E-state index >= 15 is 0 Å². The van der Waals surface area contributed by atoms with Crippen LogP contribution in [0.5, 0.6) is 0 Å². The Morgan fingerprint density at radius 2 is 2.05 bits per heavy atom. The minimum absolute atomic E-state index is 0.275. The summed E-state index contributed by atoms with van der Waals surface area (Å²) in [4.78, 5) is 7.38. The molecule has 2 aliphatic heterocycles. The number of rotatable bonds is 5.